The number of benzene rings is 2. The van der Waals surface area contributed by atoms with Crippen LogP contribution < -0.4 is 0 Å². The predicted molar refractivity (Wildman–Crippen MR) is 67.5 cm³/mol. The zero-order valence-corrected chi connectivity index (χ0v) is 9.70. The Kier molecular flexibility index (Phi) is 3.20. The van der Waals surface area contributed by atoms with Gasteiger partial charge in [-0.25, -0.2) is 9.59 Å². The summed E-state index contributed by atoms with van der Waals surface area (Å²) in [5, 5.41) is 27.8. The van der Waals surface area contributed by atoms with Gasteiger partial charge >= 0.3 is 11.9 Å². The molecule has 0 heterocycles. The molecule has 0 saturated carbocycles. The molecule has 2 aromatic rings. The van der Waals surface area contributed by atoms with Gasteiger partial charge in [-0.3, -0.25) is 0 Å². The molecule has 0 aliphatic heterocycles. The highest BCUT2D eigenvalue weighted by molar-refractivity contribution is 6.08. The molecule has 19 heavy (non-hydrogen) atoms. The molecule has 0 saturated heterocycles. The number of aromatic hydroxyl groups is 1. The fraction of sp³-hybridized carbons (Fsp3) is 0. The summed E-state index contributed by atoms with van der Waals surface area (Å²) < 4.78 is 0. The largest absolute Gasteiger partial charge is 0.507 e. The van der Waals surface area contributed by atoms with E-state index in [-0.39, 0.29) is 5.56 Å². The van der Waals surface area contributed by atoms with Crippen LogP contribution in [0.5, 0.6) is 5.75 Å². The van der Waals surface area contributed by atoms with Crippen molar-refractivity contribution < 1.29 is 24.9 Å². The summed E-state index contributed by atoms with van der Waals surface area (Å²) in [5.41, 5.74) is -0.196. The summed E-state index contributed by atoms with van der Waals surface area (Å²) in [6.45, 7) is 0. The van der Waals surface area contributed by atoms with Gasteiger partial charge in [0, 0.05) is 0 Å². The molecule has 0 bridgehead atoms. The van der Waals surface area contributed by atoms with E-state index in [0.29, 0.717) is 5.56 Å². The van der Waals surface area contributed by atoms with Crippen molar-refractivity contribution in [1.29, 1.82) is 0 Å². The number of carbonyl (C=O) groups is 2. The molecule has 2 aromatic carbocycles. The van der Waals surface area contributed by atoms with E-state index >= 15 is 0 Å². The van der Waals surface area contributed by atoms with Gasteiger partial charge in [-0.05, 0) is 23.3 Å². The lowest BCUT2D eigenvalue weighted by Crippen LogP contribution is -2.10. The predicted octanol–water partition coefficient (Wildman–Crippen LogP) is 2.46. The normalized spacial score (nSPS) is 10.1. The Hall–Kier alpha value is -2.82. The van der Waals surface area contributed by atoms with Gasteiger partial charge in [0.05, 0.1) is 5.56 Å². The summed E-state index contributed by atoms with van der Waals surface area (Å²) in [6.07, 6.45) is 0. The average molecular weight is 258 g/mol. The van der Waals surface area contributed by atoms with Crippen molar-refractivity contribution in [2.24, 2.45) is 0 Å². The van der Waals surface area contributed by atoms with Gasteiger partial charge in [-0.1, -0.05) is 30.3 Å². The highest BCUT2D eigenvalue weighted by Gasteiger charge is 2.24. The molecule has 0 amide bonds. The fourth-order valence-electron chi connectivity index (χ4n) is 1.89. The van der Waals surface area contributed by atoms with Crippen LogP contribution in [0.25, 0.3) is 11.1 Å². The molecule has 2 rings (SSSR count). The highest BCUT2D eigenvalue weighted by atomic mass is 16.4. The minimum atomic E-state index is -1.48. The van der Waals surface area contributed by atoms with Crippen molar-refractivity contribution in [3.63, 3.8) is 0 Å². The Morgan fingerprint density at radius 2 is 1.37 bits per heavy atom. The van der Waals surface area contributed by atoms with Gasteiger partial charge in [0.2, 0.25) is 0 Å². The van der Waals surface area contributed by atoms with Crippen LogP contribution in [-0.2, 0) is 0 Å². The Balaban J connectivity index is 2.80. The van der Waals surface area contributed by atoms with E-state index in [9.17, 15) is 19.8 Å². The van der Waals surface area contributed by atoms with Gasteiger partial charge in [-0.2, -0.15) is 0 Å². The van der Waals surface area contributed by atoms with E-state index in [4.69, 9.17) is 5.11 Å². The molecule has 0 aliphatic rings. The third kappa shape index (κ3) is 2.26. The quantitative estimate of drug-likeness (QED) is 0.786. The van der Waals surface area contributed by atoms with Crippen LogP contribution in [0.4, 0.5) is 0 Å². The van der Waals surface area contributed by atoms with Crippen LogP contribution in [0.15, 0.2) is 42.5 Å². The number of carboxylic acid groups (broad SMARTS) is 2. The van der Waals surface area contributed by atoms with E-state index in [1.54, 1.807) is 30.3 Å². The Morgan fingerprint density at radius 3 is 1.89 bits per heavy atom. The van der Waals surface area contributed by atoms with Crippen molar-refractivity contribution in [1.82, 2.24) is 0 Å². The SMILES string of the molecule is O=C(O)c1c(O)ccc(-c2ccccc2)c1C(=O)O. The van der Waals surface area contributed by atoms with Crippen molar-refractivity contribution in [3.8, 4) is 16.9 Å². The van der Waals surface area contributed by atoms with Crippen LogP contribution >= 0.6 is 0 Å². The Bertz CT molecular complexity index is 646. The summed E-state index contributed by atoms with van der Waals surface area (Å²) in [6, 6.07) is 11.1. The second-order valence-corrected chi connectivity index (χ2v) is 3.86. The molecule has 0 atom stereocenters. The molecule has 3 N–H and O–H groups in total. The van der Waals surface area contributed by atoms with Crippen LogP contribution in [0.1, 0.15) is 20.7 Å². The third-order valence-electron chi connectivity index (χ3n) is 2.70. The van der Waals surface area contributed by atoms with Crippen molar-refractivity contribution in [2.45, 2.75) is 0 Å². The first-order chi connectivity index (χ1) is 9.02. The molecule has 5 heteroatoms. The number of aromatic carboxylic acids is 2. The molecule has 96 valence electrons. The maximum absolute atomic E-state index is 11.3. The molecule has 0 unspecified atom stereocenters. The molecule has 0 aromatic heterocycles. The molecule has 0 spiro atoms. The molecular weight excluding hydrogens is 248 g/mol. The van der Waals surface area contributed by atoms with Crippen molar-refractivity contribution >= 4 is 11.9 Å². The third-order valence-corrected chi connectivity index (χ3v) is 2.70. The average Bonchev–Trinajstić information content (AvgIpc) is 2.38. The second kappa shape index (κ2) is 4.81. The number of hydrogen-bond donors (Lipinski definition) is 3. The maximum atomic E-state index is 11.3. The zero-order valence-electron chi connectivity index (χ0n) is 9.70. The van der Waals surface area contributed by atoms with Gasteiger partial charge in [0.1, 0.15) is 11.3 Å². The molecular formula is C14H10O5. The smallest absolute Gasteiger partial charge is 0.340 e. The molecule has 0 radical (unpaired) electrons. The first-order valence-electron chi connectivity index (χ1n) is 5.40. The number of carboxylic acids is 2. The summed E-state index contributed by atoms with van der Waals surface area (Å²) in [7, 11) is 0. The van der Waals surface area contributed by atoms with Crippen molar-refractivity contribution in [3.05, 3.63) is 53.6 Å². The molecule has 0 aliphatic carbocycles. The number of rotatable bonds is 3. The minimum absolute atomic E-state index is 0.253. The van der Waals surface area contributed by atoms with Crippen LogP contribution in [0.2, 0.25) is 0 Å². The first-order valence-corrected chi connectivity index (χ1v) is 5.40. The second-order valence-electron chi connectivity index (χ2n) is 3.86. The van der Waals surface area contributed by atoms with E-state index < -0.39 is 28.8 Å². The Morgan fingerprint density at radius 1 is 0.789 bits per heavy atom. The van der Waals surface area contributed by atoms with Crippen LogP contribution in [-0.4, -0.2) is 27.3 Å². The topological polar surface area (TPSA) is 94.8 Å². The van der Waals surface area contributed by atoms with E-state index in [0.717, 1.165) is 0 Å². The van der Waals surface area contributed by atoms with Crippen LogP contribution in [0, 0.1) is 0 Å². The lowest BCUT2D eigenvalue weighted by Gasteiger charge is -2.10. The van der Waals surface area contributed by atoms with E-state index in [1.165, 1.54) is 12.1 Å². The van der Waals surface area contributed by atoms with Gasteiger partial charge in [0.25, 0.3) is 0 Å². The monoisotopic (exact) mass is 258 g/mol. The summed E-state index contributed by atoms with van der Waals surface area (Å²) in [4.78, 5) is 22.4. The van der Waals surface area contributed by atoms with E-state index in [1.807, 2.05) is 0 Å². The maximum Gasteiger partial charge on any atom is 0.340 e. The lowest BCUT2D eigenvalue weighted by molar-refractivity contribution is 0.0649. The lowest BCUT2D eigenvalue weighted by atomic mass is 9.94. The molecule has 5 nitrogen and oxygen atoms in total. The van der Waals surface area contributed by atoms with E-state index in [2.05, 4.69) is 0 Å². The minimum Gasteiger partial charge on any atom is -0.507 e. The number of phenols is 1. The first kappa shape index (κ1) is 12.6. The van der Waals surface area contributed by atoms with Gasteiger partial charge in [-0.15, -0.1) is 0 Å². The standard InChI is InChI=1S/C14H10O5/c15-10-7-6-9(8-4-2-1-3-5-8)11(13(16)17)12(10)14(18)19/h1-7,15H,(H,16,17)(H,18,19). The molecule has 0 fully saturated rings. The van der Waals surface area contributed by atoms with Gasteiger partial charge < -0.3 is 15.3 Å². The fourth-order valence-corrected chi connectivity index (χ4v) is 1.89. The summed E-state index contributed by atoms with van der Waals surface area (Å²) in [5.74, 6) is -3.44. The van der Waals surface area contributed by atoms with Crippen molar-refractivity contribution in [2.75, 3.05) is 0 Å². The van der Waals surface area contributed by atoms with Gasteiger partial charge in [0.15, 0.2) is 0 Å². The summed E-state index contributed by atoms with van der Waals surface area (Å²) >= 11 is 0. The zero-order chi connectivity index (χ0) is 14.0. The highest BCUT2D eigenvalue weighted by Crippen LogP contribution is 2.31. The number of hydrogen-bond acceptors (Lipinski definition) is 3. The van der Waals surface area contributed by atoms with Crippen LogP contribution in [0.3, 0.4) is 0 Å². The Labute approximate surface area is 108 Å².